The van der Waals surface area contributed by atoms with Crippen molar-refractivity contribution in [3.63, 3.8) is 0 Å². The highest BCUT2D eigenvalue weighted by Gasteiger charge is 2.10. The summed E-state index contributed by atoms with van der Waals surface area (Å²) in [5.74, 6) is -0.147. The van der Waals surface area contributed by atoms with Crippen molar-refractivity contribution in [3.8, 4) is 6.07 Å². The molecule has 0 saturated carbocycles. The topological polar surface area (TPSA) is 64.9 Å². The summed E-state index contributed by atoms with van der Waals surface area (Å²) in [6.07, 6.45) is 0. The lowest BCUT2D eigenvalue weighted by molar-refractivity contribution is -0.115. The zero-order chi connectivity index (χ0) is 14.4. The van der Waals surface area contributed by atoms with Gasteiger partial charge >= 0.3 is 0 Å². The largest absolute Gasteiger partial charge is 0.315 e. The number of carbonyl (C=O) groups excluding carboxylic acids is 1. The van der Waals surface area contributed by atoms with Crippen molar-refractivity contribution in [2.24, 2.45) is 0 Å². The van der Waals surface area contributed by atoms with Crippen molar-refractivity contribution >= 4 is 22.2 Å². The highest BCUT2D eigenvalue weighted by molar-refractivity contribution is 7.14. The van der Waals surface area contributed by atoms with E-state index in [0.717, 1.165) is 5.56 Å². The van der Waals surface area contributed by atoms with Gasteiger partial charge in [-0.05, 0) is 23.9 Å². The van der Waals surface area contributed by atoms with Crippen LogP contribution in [0.5, 0.6) is 0 Å². The van der Waals surface area contributed by atoms with Gasteiger partial charge in [0.2, 0.25) is 5.91 Å². The van der Waals surface area contributed by atoms with Crippen molar-refractivity contribution < 1.29 is 4.79 Å². The van der Waals surface area contributed by atoms with E-state index in [1.54, 1.807) is 11.4 Å². The van der Waals surface area contributed by atoms with Crippen molar-refractivity contribution in [2.45, 2.75) is 13.0 Å². The van der Waals surface area contributed by atoms with Gasteiger partial charge in [0.15, 0.2) is 0 Å². The van der Waals surface area contributed by atoms with Crippen molar-refractivity contribution in [2.75, 3.05) is 11.9 Å². The molecule has 20 heavy (non-hydrogen) atoms. The van der Waals surface area contributed by atoms with E-state index in [4.69, 9.17) is 5.26 Å². The summed E-state index contributed by atoms with van der Waals surface area (Å²) >= 11 is 1.35. The Morgan fingerprint density at radius 1 is 1.35 bits per heavy atom. The van der Waals surface area contributed by atoms with Gasteiger partial charge in [0, 0.05) is 6.04 Å². The molecular weight excluding hydrogens is 270 g/mol. The van der Waals surface area contributed by atoms with Crippen LogP contribution in [0.4, 0.5) is 5.00 Å². The molecule has 1 amide bonds. The van der Waals surface area contributed by atoms with Crippen molar-refractivity contribution in [1.29, 1.82) is 5.26 Å². The first kappa shape index (κ1) is 14.3. The van der Waals surface area contributed by atoms with E-state index in [9.17, 15) is 4.79 Å². The normalized spacial score (nSPS) is 11.6. The van der Waals surface area contributed by atoms with E-state index in [-0.39, 0.29) is 18.5 Å². The second-order valence-electron chi connectivity index (χ2n) is 4.34. The van der Waals surface area contributed by atoms with Gasteiger partial charge in [0.25, 0.3) is 0 Å². The molecule has 1 atom stereocenters. The van der Waals surface area contributed by atoms with E-state index in [1.807, 2.05) is 43.3 Å². The average Bonchev–Trinajstić information content (AvgIpc) is 2.92. The predicted molar refractivity (Wildman–Crippen MR) is 80.5 cm³/mol. The molecule has 0 saturated heterocycles. The number of thiophene rings is 1. The zero-order valence-electron chi connectivity index (χ0n) is 11.1. The van der Waals surface area contributed by atoms with Crippen LogP contribution < -0.4 is 10.6 Å². The number of nitrogens with zero attached hydrogens (tertiary/aromatic N) is 1. The number of hydrogen-bond acceptors (Lipinski definition) is 4. The molecule has 0 fully saturated rings. The fraction of sp³-hybridized carbons (Fsp3) is 0.200. The van der Waals surface area contributed by atoms with Gasteiger partial charge in [-0.2, -0.15) is 5.26 Å². The van der Waals surface area contributed by atoms with Crippen LogP contribution in [0.25, 0.3) is 0 Å². The standard InChI is InChI=1S/C15H15N3OS/c1-11(12-5-3-2-4-6-12)17-10-14(19)18-15-13(9-16)7-8-20-15/h2-8,11,17H,10H2,1H3,(H,18,19)/t11-/m1/s1. The van der Waals surface area contributed by atoms with Crippen LogP contribution in [0, 0.1) is 11.3 Å². The van der Waals surface area contributed by atoms with E-state index in [0.29, 0.717) is 10.6 Å². The number of hydrogen-bond donors (Lipinski definition) is 2. The first-order chi connectivity index (χ1) is 9.70. The lowest BCUT2D eigenvalue weighted by atomic mass is 10.1. The van der Waals surface area contributed by atoms with Crippen LogP contribution in [0.3, 0.4) is 0 Å². The average molecular weight is 285 g/mol. The SMILES string of the molecule is C[C@@H](NCC(=O)Nc1sccc1C#N)c1ccccc1. The minimum Gasteiger partial charge on any atom is -0.315 e. The van der Waals surface area contributed by atoms with Crippen LogP contribution in [0.1, 0.15) is 24.1 Å². The highest BCUT2D eigenvalue weighted by Crippen LogP contribution is 2.21. The van der Waals surface area contributed by atoms with E-state index in [1.165, 1.54) is 11.3 Å². The smallest absolute Gasteiger partial charge is 0.238 e. The third-order valence-corrected chi connectivity index (χ3v) is 3.74. The summed E-state index contributed by atoms with van der Waals surface area (Å²) in [6, 6.07) is 13.8. The van der Waals surface area contributed by atoms with Gasteiger partial charge in [0.05, 0.1) is 12.1 Å². The molecule has 102 valence electrons. The predicted octanol–water partition coefficient (Wildman–Crippen LogP) is 2.91. The number of carbonyl (C=O) groups is 1. The Morgan fingerprint density at radius 2 is 2.10 bits per heavy atom. The maximum atomic E-state index is 11.8. The van der Waals surface area contributed by atoms with Gasteiger partial charge in [-0.25, -0.2) is 0 Å². The Balaban J connectivity index is 1.86. The maximum absolute atomic E-state index is 11.8. The first-order valence-electron chi connectivity index (χ1n) is 6.26. The van der Waals surface area contributed by atoms with Crippen LogP contribution in [-0.2, 0) is 4.79 Å². The van der Waals surface area contributed by atoms with Crippen molar-refractivity contribution in [1.82, 2.24) is 5.32 Å². The van der Waals surface area contributed by atoms with Gasteiger partial charge in [-0.1, -0.05) is 30.3 Å². The zero-order valence-corrected chi connectivity index (χ0v) is 11.9. The molecule has 1 aromatic heterocycles. The van der Waals surface area contributed by atoms with E-state index < -0.39 is 0 Å². The monoisotopic (exact) mass is 285 g/mol. The first-order valence-corrected chi connectivity index (χ1v) is 7.14. The quantitative estimate of drug-likeness (QED) is 0.887. The molecule has 0 aliphatic heterocycles. The van der Waals surface area contributed by atoms with Crippen LogP contribution in [-0.4, -0.2) is 12.5 Å². The molecule has 2 N–H and O–H groups in total. The lowest BCUT2D eigenvalue weighted by Crippen LogP contribution is -2.30. The van der Waals surface area contributed by atoms with Crippen molar-refractivity contribution in [3.05, 3.63) is 52.9 Å². The second kappa shape index (κ2) is 6.85. The Hall–Kier alpha value is -2.16. The molecular formula is C15H15N3OS. The van der Waals surface area contributed by atoms with Gasteiger partial charge in [0.1, 0.15) is 11.1 Å². The number of nitriles is 1. The number of anilines is 1. The van der Waals surface area contributed by atoms with Crippen LogP contribution in [0.2, 0.25) is 0 Å². The Bertz CT molecular complexity index is 616. The minimum absolute atomic E-state index is 0.0979. The third-order valence-electron chi connectivity index (χ3n) is 2.91. The molecule has 0 bridgehead atoms. The van der Waals surface area contributed by atoms with Gasteiger partial charge < -0.3 is 10.6 Å². The summed E-state index contributed by atoms with van der Waals surface area (Å²) < 4.78 is 0. The molecule has 0 aliphatic rings. The molecule has 4 nitrogen and oxygen atoms in total. The summed E-state index contributed by atoms with van der Waals surface area (Å²) in [5.41, 5.74) is 1.63. The third kappa shape index (κ3) is 3.67. The minimum atomic E-state index is -0.147. The van der Waals surface area contributed by atoms with E-state index >= 15 is 0 Å². The number of rotatable bonds is 5. The highest BCUT2D eigenvalue weighted by atomic mass is 32.1. The van der Waals surface area contributed by atoms with Gasteiger partial charge in [-0.15, -0.1) is 11.3 Å². The molecule has 1 aromatic carbocycles. The molecule has 0 spiro atoms. The summed E-state index contributed by atoms with van der Waals surface area (Å²) in [6.45, 7) is 2.22. The second-order valence-corrected chi connectivity index (χ2v) is 5.25. The number of amides is 1. The van der Waals surface area contributed by atoms with Gasteiger partial charge in [-0.3, -0.25) is 4.79 Å². The molecule has 2 aromatic rings. The Labute approximate surface area is 122 Å². The molecule has 0 radical (unpaired) electrons. The fourth-order valence-electron chi connectivity index (χ4n) is 1.77. The fourth-order valence-corrected chi connectivity index (χ4v) is 2.52. The maximum Gasteiger partial charge on any atom is 0.238 e. The number of benzene rings is 1. The molecule has 1 heterocycles. The summed E-state index contributed by atoms with van der Waals surface area (Å²) in [4.78, 5) is 11.8. The lowest BCUT2D eigenvalue weighted by Gasteiger charge is -2.13. The molecule has 2 rings (SSSR count). The summed E-state index contributed by atoms with van der Waals surface area (Å²) in [5, 5.41) is 17.2. The van der Waals surface area contributed by atoms with E-state index in [2.05, 4.69) is 10.6 Å². The van der Waals surface area contributed by atoms with Crippen LogP contribution >= 0.6 is 11.3 Å². The molecule has 0 unspecified atom stereocenters. The summed E-state index contributed by atoms with van der Waals surface area (Å²) in [7, 11) is 0. The number of nitrogens with one attached hydrogen (secondary N) is 2. The van der Waals surface area contributed by atoms with Crippen LogP contribution in [0.15, 0.2) is 41.8 Å². The Morgan fingerprint density at radius 3 is 2.80 bits per heavy atom. The Kier molecular flexibility index (Phi) is 4.88. The molecule has 5 heteroatoms. The molecule has 0 aliphatic carbocycles.